The number of benzene rings is 1. The third-order valence-electron chi connectivity index (χ3n) is 3.79. The first-order valence-corrected chi connectivity index (χ1v) is 8.77. The van der Waals surface area contributed by atoms with Crippen LogP contribution in [0.5, 0.6) is 0 Å². The highest BCUT2D eigenvalue weighted by atomic mass is 32.2. The van der Waals surface area contributed by atoms with Gasteiger partial charge in [0, 0.05) is 13.1 Å². The molecule has 0 saturated carbocycles. The summed E-state index contributed by atoms with van der Waals surface area (Å²) in [4.78, 5) is 26.2. The summed E-state index contributed by atoms with van der Waals surface area (Å²) in [6.07, 6.45) is 1.52. The highest BCUT2D eigenvalue weighted by Crippen LogP contribution is 2.33. The van der Waals surface area contributed by atoms with Gasteiger partial charge in [0.05, 0.1) is 23.8 Å². The van der Waals surface area contributed by atoms with Gasteiger partial charge >= 0.3 is 5.97 Å². The number of aliphatic carboxylic acids is 1. The predicted octanol–water partition coefficient (Wildman–Crippen LogP) is 1.95. The lowest BCUT2D eigenvalue weighted by Gasteiger charge is -2.29. The van der Waals surface area contributed by atoms with Gasteiger partial charge in [0.2, 0.25) is 0 Å². The highest BCUT2D eigenvalue weighted by molar-refractivity contribution is 8.26. The minimum atomic E-state index is -1.14. The number of halogens is 1. The van der Waals surface area contributed by atoms with E-state index in [1.807, 2.05) is 4.90 Å². The Morgan fingerprint density at radius 3 is 2.76 bits per heavy atom. The average molecular weight is 382 g/mol. The van der Waals surface area contributed by atoms with Crippen molar-refractivity contribution in [2.24, 2.45) is 0 Å². The van der Waals surface area contributed by atoms with Crippen LogP contribution in [0.2, 0.25) is 0 Å². The standard InChI is InChI=1S/C16H15FN2O4S2/c17-11-7-10(1-2-12(11)18-3-5-23-6-4-18)8-13-15(22)19(9-14(20)21)16(24)25-13/h1-2,7-8H,3-6,9H2,(H,20,21)/b13-8+. The fraction of sp³-hybridized carbons (Fsp3) is 0.312. The van der Waals surface area contributed by atoms with Crippen LogP contribution in [0.15, 0.2) is 23.1 Å². The fourth-order valence-electron chi connectivity index (χ4n) is 2.60. The molecule has 0 spiro atoms. The summed E-state index contributed by atoms with van der Waals surface area (Å²) in [5, 5.41) is 8.83. The van der Waals surface area contributed by atoms with Crippen LogP contribution >= 0.6 is 24.0 Å². The maximum absolute atomic E-state index is 14.4. The Balaban J connectivity index is 1.79. The minimum Gasteiger partial charge on any atom is -0.480 e. The Hall–Kier alpha value is -1.97. The Kier molecular flexibility index (Phi) is 5.36. The first-order chi connectivity index (χ1) is 12.0. The Morgan fingerprint density at radius 1 is 1.40 bits per heavy atom. The van der Waals surface area contributed by atoms with Crippen molar-refractivity contribution < 1.29 is 23.8 Å². The molecule has 0 atom stereocenters. The molecule has 1 aromatic carbocycles. The molecule has 9 heteroatoms. The topological polar surface area (TPSA) is 70.1 Å². The van der Waals surface area contributed by atoms with Crippen molar-refractivity contribution in [2.45, 2.75) is 0 Å². The number of thiocarbonyl (C=S) groups is 1. The maximum atomic E-state index is 14.4. The van der Waals surface area contributed by atoms with Gasteiger partial charge in [-0.3, -0.25) is 14.5 Å². The molecule has 2 aliphatic rings. The molecule has 2 saturated heterocycles. The normalized spacial score (nSPS) is 19.8. The maximum Gasteiger partial charge on any atom is 0.323 e. The first kappa shape index (κ1) is 17.8. The van der Waals surface area contributed by atoms with Gasteiger partial charge in [-0.15, -0.1) is 0 Å². The number of ether oxygens (including phenoxy) is 1. The molecule has 1 amide bonds. The van der Waals surface area contributed by atoms with Gasteiger partial charge in [-0.2, -0.15) is 0 Å². The second-order valence-electron chi connectivity index (χ2n) is 5.47. The third-order valence-corrected chi connectivity index (χ3v) is 5.17. The van der Waals surface area contributed by atoms with Crippen LogP contribution in [-0.2, 0) is 14.3 Å². The molecule has 132 valence electrons. The molecule has 0 aromatic heterocycles. The SMILES string of the molecule is O=C(O)CN1C(=O)/C(=C\c2ccc(N3CCOCC3)c(F)c2)SC1=S. The zero-order chi connectivity index (χ0) is 18.0. The second kappa shape index (κ2) is 7.51. The molecule has 2 fully saturated rings. The van der Waals surface area contributed by atoms with Gasteiger partial charge < -0.3 is 14.7 Å². The van der Waals surface area contributed by atoms with Crippen LogP contribution in [-0.4, -0.2) is 59.1 Å². The molecule has 2 heterocycles. The summed E-state index contributed by atoms with van der Waals surface area (Å²) in [5.74, 6) is -2.00. The molecule has 0 radical (unpaired) electrons. The number of anilines is 1. The number of thioether (sulfide) groups is 1. The largest absolute Gasteiger partial charge is 0.480 e. The number of carboxylic acids is 1. The van der Waals surface area contributed by atoms with Gasteiger partial charge in [0.1, 0.15) is 16.7 Å². The number of nitrogens with zero attached hydrogens (tertiary/aromatic N) is 2. The van der Waals surface area contributed by atoms with E-state index in [0.29, 0.717) is 37.6 Å². The molecule has 1 N–H and O–H groups in total. The molecule has 6 nitrogen and oxygen atoms in total. The van der Waals surface area contributed by atoms with Crippen LogP contribution in [0, 0.1) is 5.82 Å². The summed E-state index contributed by atoms with van der Waals surface area (Å²) in [7, 11) is 0. The van der Waals surface area contributed by atoms with E-state index < -0.39 is 18.4 Å². The second-order valence-corrected chi connectivity index (χ2v) is 7.15. The summed E-state index contributed by atoms with van der Waals surface area (Å²) in [6, 6.07) is 4.75. The lowest BCUT2D eigenvalue weighted by Crippen LogP contribution is -2.36. The number of carbonyl (C=O) groups excluding carboxylic acids is 1. The molecule has 3 rings (SSSR count). The minimum absolute atomic E-state index is 0.184. The van der Waals surface area contributed by atoms with Crippen molar-refractivity contribution in [3.8, 4) is 0 Å². The molecule has 0 aliphatic carbocycles. The third kappa shape index (κ3) is 4.00. The average Bonchev–Trinajstić information content (AvgIpc) is 2.83. The number of morpholine rings is 1. The van der Waals surface area contributed by atoms with Crippen molar-refractivity contribution in [3.05, 3.63) is 34.5 Å². The zero-order valence-corrected chi connectivity index (χ0v) is 14.7. The highest BCUT2D eigenvalue weighted by Gasteiger charge is 2.33. The van der Waals surface area contributed by atoms with Crippen LogP contribution < -0.4 is 4.90 Å². The zero-order valence-electron chi connectivity index (χ0n) is 13.1. The van der Waals surface area contributed by atoms with Gasteiger partial charge in [-0.25, -0.2) is 4.39 Å². The van der Waals surface area contributed by atoms with E-state index in [2.05, 4.69) is 0 Å². The molecule has 0 unspecified atom stereocenters. The quantitative estimate of drug-likeness (QED) is 0.630. The van der Waals surface area contributed by atoms with Crippen molar-refractivity contribution in [1.82, 2.24) is 4.90 Å². The van der Waals surface area contributed by atoms with Crippen LogP contribution in [0.1, 0.15) is 5.56 Å². The number of carbonyl (C=O) groups is 2. The molecule has 25 heavy (non-hydrogen) atoms. The van der Waals surface area contributed by atoms with E-state index in [1.54, 1.807) is 12.1 Å². The number of hydrogen-bond acceptors (Lipinski definition) is 6. The van der Waals surface area contributed by atoms with Crippen molar-refractivity contribution in [3.63, 3.8) is 0 Å². The summed E-state index contributed by atoms with van der Waals surface area (Å²) < 4.78 is 19.9. The Morgan fingerprint density at radius 2 is 2.12 bits per heavy atom. The number of hydrogen-bond donors (Lipinski definition) is 1. The lowest BCUT2D eigenvalue weighted by atomic mass is 10.1. The predicted molar refractivity (Wildman–Crippen MR) is 96.9 cm³/mol. The smallest absolute Gasteiger partial charge is 0.323 e. The van der Waals surface area contributed by atoms with E-state index >= 15 is 0 Å². The monoisotopic (exact) mass is 382 g/mol. The van der Waals surface area contributed by atoms with Crippen LogP contribution in [0.3, 0.4) is 0 Å². The Labute approximate surface area is 153 Å². The number of rotatable bonds is 4. The number of carboxylic acid groups (broad SMARTS) is 1. The summed E-state index contributed by atoms with van der Waals surface area (Å²) in [5.41, 5.74) is 1.02. The van der Waals surface area contributed by atoms with Crippen LogP contribution in [0.4, 0.5) is 10.1 Å². The van der Waals surface area contributed by atoms with E-state index in [1.165, 1.54) is 12.1 Å². The molecule has 0 bridgehead atoms. The van der Waals surface area contributed by atoms with Crippen molar-refractivity contribution in [1.29, 1.82) is 0 Å². The van der Waals surface area contributed by atoms with E-state index in [-0.39, 0.29) is 15.0 Å². The first-order valence-electron chi connectivity index (χ1n) is 7.55. The van der Waals surface area contributed by atoms with Gasteiger partial charge in [0.25, 0.3) is 5.91 Å². The van der Waals surface area contributed by atoms with Gasteiger partial charge in [0.15, 0.2) is 0 Å². The van der Waals surface area contributed by atoms with E-state index in [0.717, 1.165) is 16.7 Å². The van der Waals surface area contributed by atoms with Crippen molar-refractivity contribution in [2.75, 3.05) is 37.7 Å². The van der Waals surface area contributed by atoms with E-state index in [4.69, 9.17) is 22.1 Å². The molecular weight excluding hydrogens is 367 g/mol. The molecular formula is C16H15FN2O4S2. The molecule has 1 aromatic rings. The molecule has 2 aliphatic heterocycles. The lowest BCUT2D eigenvalue weighted by molar-refractivity contribution is -0.140. The number of amides is 1. The summed E-state index contributed by atoms with van der Waals surface area (Å²) >= 11 is 6.05. The fourth-order valence-corrected chi connectivity index (χ4v) is 3.85. The van der Waals surface area contributed by atoms with Crippen LogP contribution in [0.25, 0.3) is 6.08 Å². The summed E-state index contributed by atoms with van der Waals surface area (Å²) in [6.45, 7) is 1.90. The Bertz CT molecular complexity index is 763. The van der Waals surface area contributed by atoms with Gasteiger partial charge in [-0.05, 0) is 23.8 Å². The van der Waals surface area contributed by atoms with Crippen molar-refractivity contribution >= 4 is 51.9 Å². The van der Waals surface area contributed by atoms with Gasteiger partial charge in [-0.1, -0.05) is 30.0 Å². The van der Waals surface area contributed by atoms with E-state index in [9.17, 15) is 14.0 Å².